The molecule has 0 heterocycles. The molecule has 1 aliphatic carbocycles. The molecule has 2 N–H and O–H groups in total. The molecule has 15 heavy (non-hydrogen) atoms. The molecule has 1 aromatic rings. The maximum absolute atomic E-state index is 13.6. The summed E-state index contributed by atoms with van der Waals surface area (Å²) in [6.45, 7) is 0. The highest BCUT2D eigenvalue weighted by Gasteiger charge is 2.46. The molecule has 0 radical (unpaired) electrons. The van der Waals surface area contributed by atoms with Crippen LogP contribution in [0.4, 0.5) is 4.39 Å². The Kier molecular flexibility index (Phi) is 2.39. The second-order valence-electron chi connectivity index (χ2n) is 3.63. The van der Waals surface area contributed by atoms with Gasteiger partial charge >= 0.3 is 0 Å². The second-order valence-corrected chi connectivity index (χ2v) is 4.42. The van der Waals surface area contributed by atoms with Gasteiger partial charge in [0.1, 0.15) is 5.82 Å². The van der Waals surface area contributed by atoms with Gasteiger partial charge in [0.05, 0.1) is 17.2 Å². The average molecular weight is 277 g/mol. The van der Waals surface area contributed by atoms with Crippen LogP contribution in [-0.2, 0) is 5.60 Å². The van der Waals surface area contributed by atoms with Gasteiger partial charge in [0, 0.05) is 11.6 Å². The van der Waals surface area contributed by atoms with Gasteiger partial charge in [-0.15, -0.1) is 0 Å². The number of hydrogen-bond donors (Lipinski definition) is 2. The van der Waals surface area contributed by atoms with Crippen molar-refractivity contribution in [1.29, 1.82) is 0 Å². The number of benzene rings is 1. The van der Waals surface area contributed by atoms with Crippen LogP contribution in [0.5, 0.6) is 11.5 Å². The number of methoxy groups -OCH3 is 1. The highest BCUT2D eigenvalue weighted by molar-refractivity contribution is 9.10. The number of ether oxygens (including phenoxy) is 1. The number of phenols is 1. The summed E-state index contributed by atoms with van der Waals surface area (Å²) in [5.41, 5.74) is -0.943. The zero-order valence-corrected chi connectivity index (χ0v) is 9.64. The van der Waals surface area contributed by atoms with Crippen molar-refractivity contribution in [1.82, 2.24) is 0 Å². The van der Waals surface area contributed by atoms with E-state index in [9.17, 15) is 14.6 Å². The molecule has 82 valence electrons. The standard InChI is InChI=1S/C10H10BrFO3/c1-15-9-6(13)4-5(12)7(8(9)11)10(14)2-3-10/h4,13-14H,2-3H2,1H3. The highest BCUT2D eigenvalue weighted by Crippen LogP contribution is 2.52. The smallest absolute Gasteiger partial charge is 0.175 e. The van der Waals surface area contributed by atoms with E-state index in [0.29, 0.717) is 12.8 Å². The third-order valence-corrected chi connectivity index (χ3v) is 3.30. The molecular formula is C10H10BrFO3. The molecule has 0 unspecified atom stereocenters. The summed E-state index contributed by atoms with van der Waals surface area (Å²) < 4.78 is 18.8. The number of halogens is 2. The van der Waals surface area contributed by atoms with Gasteiger partial charge in [0.2, 0.25) is 0 Å². The first-order valence-electron chi connectivity index (χ1n) is 4.47. The molecule has 0 amide bonds. The molecule has 2 rings (SSSR count). The molecule has 3 nitrogen and oxygen atoms in total. The number of hydrogen-bond acceptors (Lipinski definition) is 3. The van der Waals surface area contributed by atoms with Crippen molar-refractivity contribution in [3.63, 3.8) is 0 Å². The van der Waals surface area contributed by atoms with Crippen LogP contribution in [0, 0.1) is 5.82 Å². The van der Waals surface area contributed by atoms with Crippen LogP contribution < -0.4 is 4.74 Å². The lowest BCUT2D eigenvalue weighted by atomic mass is 10.1. The van der Waals surface area contributed by atoms with Crippen molar-refractivity contribution in [3.8, 4) is 11.5 Å². The van der Waals surface area contributed by atoms with Gasteiger partial charge in [-0.1, -0.05) is 0 Å². The van der Waals surface area contributed by atoms with E-state index in [1.54, 1.807) is 0 Å². The summed E-state index contributed by atoms with van der Waals surface area (Å²) in [6, 6.07) is 0.954. The Bertz CT molecular complexity index is 416. The van der Waals surface area contributed by atoms with Gasteiger partial charge in [-0.2, -0.15) is 0 Å². The molecular weight excluding hydrogens is 267 g/mol. The number of aromatic hydroxyl groups is 1. The molecule has 0 spiro atoms. The van der Waals surface area contributed by atoms with Crippen LogP contribution in [0.25, 0.3) is 0 Å². The number of aliphatic hydroxyl groups is 1. The predicted octanol–water partition coefficient (Wildman–Crippen LogP) is 2.28. The summed E-state index contributed by atoms with van der Waals surface area (Å²) >= 11 is 3.13. The summed E-state index contributed by atoms with van der Waals surface area (Å²) in [7, 11) is 1.37. The third kappa shape index (κ3) is 1.59. The maximum Gasteiger partial charge on any atom is 0.175 e. The van der Waals surface area contributed by atoms with Crippen LogP contribution in [0.2, 0.25) is 0 Å². The third-order valence-electron chi connectivity index (χ3n) is 2.55. The lowest BCUT2D eigenvalue weighted by molar-refractivity contribution is 0.145. The number of rotatable bonds is 2. The maximum atomic E-state index is 13.6. The summed E-state index contributed by atoms with van der Waals surface area (Å²) in [5.74, 6) is -0.762. The van der Waals surface area contributed by atoms with Crippen molar-refractivity contribution < 1.29 is 19.3 Å². The van der Waals surface area contributed by atoms with Gasteiger partial charge in [-0.3, -0.25) is 0 Å². The SMILES string of the molecule is COc1c(O)cc(F)c(C2(O)CC2)c1Br. The lowest BCUT2D eigenvalue weighted by Gasteiger charge is -2.15. The summed E-state index contributed by atoms with van der Waals surface area (Å²) in [6.07, 6.45) is 1.05. The van der Waals surface area contributed by atoms with Crippen molar-refractivity contribution in [3.05, 3.63) is 21.9 Å². The molecule has 0 bridgehead atoms. The Balaban J connectivity index is 2.64. The van der Waals surface area contributed by atoms with Gasteiger partial charge in [-0.25, -0.2) is 4.39 Å². The zero-order valence-electron chi connectivity index (χ0n) is 8.05. The Hall–Kier alpha value is -0.810. The average Bonchev–Trinajstić information content (AvgIpc) is 2.83. The first-order chi connectivity index (χ1) is 6.99. The fourth-order valence-corrected chi connectivity index (χ4v) is 2.50. The zero-order chi connectivity index (χ0) is 11.2. The monoisotopic (exact) mass is 276 g/mol. The molecule has 0 atom stereocenters. The second kappa shape index (κ2) is 3.35. The van der Waals surface area contributed by atoms with Crippen LogP contribution in [-0.4, -0.2) is 17.3 Å². The van der Waals surface area contributed by atoms with Crippen molar-refractivity contribution in [2.75, 3.05) is 7.11 Å². The minimum Gasteiger partial charge on any atom is -0.504 e. The van der Waals surface area contributed by atoms with E-state index in [4.69, 9.17) is 4.74 Å². The van der Waals surface area contributed by atoms with E-state index in [-0.39, 0.29) is 21.5 Å². The number of phenolic OH excluding ortho intramolecular Hbond substituents is 1. The van der Waals surface area contributed by atoms with E-state index in [1.807, 2.05) is 0 Å². The molecule has 1 aromatic carbocycles. The van der Waals surface area contributed by atoms with Crippen molar-refractivity contribution in [2.24, 2.45) is 0 Å². The first kappa shape index (κ1) is 10.7. The van der Waals surface area contributed by atoms with Crippen LogP contribution >= 0.6 is 15.9 Å². The Labute approximate surface area is 94.6 Å². The van der Waals surface area contributed by atoms with E-state index in [0.717, 1.165) is 6.07 Å². The quantitative estimate of drug-likeness (QED) is 0.872. The molecule has 0 aromatic heterocycles. The Morgan fingerprint density at radius 3 is 2.60 bits per heavy atom. The van der Waals surface area contributed by atoms with Crippen LogP contribution in [0.3, 0.4) is 0 Å². The van der Waals surface area contributed by atoms with Crippen LogP contribution in [0.15, 0.2) is 10.5 Å². The van der Waals surface area contributed by atoms with Gasteiger partial charge in [-0.05, 0) is 28.8 Å². The highest BCUT2D eigenvalue weighted by atomic mass is 79.9. The normalized spacial score (nSPS) is 17.6. The van der Waals surface area contributed by atoms with Crippen LogP contribution in [0.1, 0.15) is 18.4 Å². The van der Waals surface area contributed by atoms with Gasteiger partial charge in [0.25, 0.3) is 0 Å². The van der Waals surface area contributed by atoms with Gasteiger partial charge < -0.3 is 14.9 Å². The minimum absolute atomic E-state index is 0.145. The fraction of sp³-hybridized carbons (Fsp3) is 0.400. The summed E-state index contributed by atoms with van der Waals surface area (Å²) in [4.78, 5) is 0. The Morgan fingerprint density at radius 1 is 1.53 bits per heavy atom. The summed E-state index contributed by atoms with van der Waals surface area (Å²) in [5, 5.41) is 19.3. The fourth-order valence-electron chi connectivity index (χ4n) is 1.58. The topological polar surface area (TPSA) is 49.7 Å². The van der Waals surface area contributed by atoms with Crippen molar-refractivity contribution >= 4 is 15.9 Å². The van der Waals surface area contributed by atoms with E-state index < -0.39 is 11.4 Å². The largest absolute Gasteiger partial charge is 0.504 e. The predicted molar refractivity (Wildman–Crippen MR) is 55.4 cm³/mol. The minimum atomic E-state index is -1.11. The molecule has 1 saturated carbocycles. The van der Waals surface area contributed by atoms with Gasteiger partial charge in [0.15, 0.2) is 11.5 Å². The molecule has 0 aliphatic heterocycles. The van der Waals surface area contributed by atoms with E-state index in [1.165, 1.54) is 7.11 Å². The Morgan fingerprint density at radius 2 is 2.13 bits per heavy atom. The van der Waals surface area contributed by atoms with E-state index >= 15 is 0 Å². The molecule has 5 heteroatoms. The lowest BCUT2D eigenvalue weighted by Crippen LogP contribution is -2.09. The molecule has 0 saturated heterocycles. The molecule has 1 aliphatic rings. The van der Waals surface area contributed by atoms with Crippen molar-refractivity contribution in [2.45, 2.75) is 18.4 Å². The molecule has 1 fully saturated rings. The van der Waals surface area contributed by atoms with E-state index in [2.05, 4.69) is 15.9 Å². The first-order valence-corrected chi connectivity index (χ1v) is 5.27.